The van der Waals surface area contributed by atoms with Crippen molar-refractivity contribution in [3.8, 4) is 11.8 Å². The predicted molar refractivity (Wildman–Crippen MR) is 63.9 cm³/mol. The normalized spacial score (nSPS) is 9.07. The molecule has 0 fully saturated rings. The third-order valence-electron chi connectivity index (χ3n) is 1.66. The standard InChI is InChI=1S/C11H13BrN2/c1-14(2)11-7-6-10(9-13-11)5-3-4-8-12/h6-7,9H,4,8H2,1-2H3. The molecule has 0 radical (unpaired) electrons. The van der Waals surface area contributed by atoms with Gasteiger partial charge in [-0.1, -0.05) is 27.8 Å². The molecule has 0 saturated heterocycles. The van der Waals surface area contributed by atoms with E-state index in [0.29, 0.717) is 0 Å². The van der Waals surface area contributed by atoms with E-state index in [0.717, 1.165) is 23.1 Å². The maximum Gasteiger partial charge on any atom is 0.128 e. The average Bonchev–Trinajstić information content (AvgIpc) is 2.19. The lowest BCUT2D eigenvalue weighted by atomic mass is 10.3. The van der Waals surface area contributed by atoms with Gasteiger partial charge in [-0.25, -0.2) is 4.98 Å². The fourth-order valence-electron chi connectivity index (χ4n) is 0.936. The van der Waals surface area contributed by atoms with Crippen LogP contribution in [0.15, 0.2) is 18.3 Å². The topological polar surface area (TPSA) is 16.1 Å². The maximum absolute atomic E-state index is 4.27. The van der Waals surface area contributed by atoms with Crippen LogP contribution in [0.3, 0.4) is 0 Å². The number of anilines is 1. The highest BCUT2D eigenvalue weighted by Gasteiger charge is 1.94. The van der Waals surface area contributed by atoms with E-state index in [1.807, 2.05) is 31.1 Å². The summed E-state index contributed by atoms with van der Waals surface area (Å²) in [7, 11) is 3.94. The summed E-state index contributed by atoms with van der Waals surface area (Å²) >= 11 is 3.33. The predicted octanol–water partition coefficient (Wildman–Crippen LogP) is 2.28. The van der Waals surface area contributed by atoms with Gasteiger partial charge in [0.15, 0.2) is 0 Å². The monoisotopic (exact) mass is 252 g/mol. The first-order valence-electron chi connectivity index (χ1n) is 4.42. The molecule has 14 heavy (non-hydrogen) atoms. The molecule has 0 atom stereocenters. The van der Waals surface area contributed by atoms with Crippen molar-refractivity contribution in [1.29, 1.82) is 0 Å². The lowest BCUT2D eigenvalue weighted by molar-refractivity contribution is 1.07. The van der Waals surface area contributed by atoms with Crippen LogP contribution in [0, 0.1) is 11.8 Å². The fourth-order valence-corrected chi connectivity index (χ4v) is 1.13. The van der Waals surface area contributed by atoms with Gasteiger partial charge >= 0.3 is 0 Å². The van der Waals surface area contributed by atoms with E-state index in [1.165, 1.54) is 0 Å². The minimum absolute atomic E-state index is 0.870. The molecule has 0 aromatic carbocycles. The highest BCUT2D eigenvalue weighted by Crippen LogP contribution is 2.06. The number of alkyl halides is 1. The largest absolute Gasteiger partial charge is 0.363 e. The van der Waals surface area contributed by atoms with Gasteiger partial charge in [0.2, 0.25) is 0 Å². The van der Waals surface area contributed by atoms with Gasteiger partial charge < -0.3 is 4.90 Å². The van der Waals surface area contributed by atoms with Crippen LogP contribution in [-0.2, 0) is 0 Å². The summed E-state index contributed by atoms with van der Waals surface area (Å²) in [4.78, 5) is 6.24. The maximum atomic E-state index is 4.27. The van der Waals surface area contributed by atoms with E-state index in [-0.39, 0.29) is 0 Å². The third-order valence-corrected chi connectivity index (χ3v) is 2.05. The molecule has 0 bridgehead atoms. The number of hydrogen-bond acceptors (Lipinski definition) is 2. The Kier molecular flexibility index (Phi) is 4.48. The molecule has 3 heteroatoms. The van der Waals surface area contributed by atoms with Crippen molar-refractivity contribution in [1.82, 2.24) is 4.98 Å². The molecule has 0 aliphatic rings. The van der Waals surface area contributed by atoms with Gasteiger partial charge in [-0.15, -0.1) is 0 Å². The Labute approximate surface area is 93.5 Å². The van der Waals surface area contributed by atoms with Crippen LogP contribution in [0.2, 0.25) is 0 Å². The van der Waals surface area contributed by atoms with Crippen LogP contribution in [-0.4, -0.2) is 24.4 Å². The zero-order chi connectivity index (χ0) is 10.4. The zero-order valence-corrected chi connectivity index (χ0v) is 10.0. The molecule has 1 aromatic heterocycles. The first kappa shape index (κ1) is 11.1. The molecule has 0 N–H and O–H groups in total. The molecule has 1 rings (SSSR count). The molecular weight excluding hydrogens is 240 g/mol. The highest BCUT2D eigenvalue weighted by molar-refractivity contribution is 9.09. The quantitative estimate of drug-likeness (QED) is 0.593. The van der Waals surface area contributed by atoms with E-state index in [4.69, 9.17) is 0 Å². The van der Waals surface area contributed by atoms with Gasteiger partial charge in [-0.3, -0.25) is 0 Å². The van der Waals surface area contributed by atoms with Crippen molar-refractivity contribution in [2.45, 2.75) is 6.42 Å². The summed E-state index contributed by atoms with van der Waals surface area (Å²) < 4.78 is 0. The molecule has 74 valence electrons. The lowest BCUT2D eigenvalue weighted by Gasteiger charge is -2.09. The van der Waals surface area contributed by atoms with Crippen LogP contribution in [0.4, 0.5) is 5.82 Å². The molecule has 0 saturated carbocycles. The first-order valence-corrected chi connectivity index (χ1v) is 5.54. The van der Waals surface area contributed by atoms with Crippen LogP contribution >= 0.6 is 15.9 Å². The molecule has 0 unspecified atom stereocenters. The van der Waals surface area contributed by atoms with Crippen molar-refractivity contribution in [3.05, 3.63) is 23.9 Å². The van der Waals surface area contributed by atoms with E-state index < -0.39 is 0 Å². The second-order valence-corrected chi connectivity index (χ2v) is 3.83. The molecule has 0 aliphatic carbocycles. The summed E-state index contributed by atoms with van der Waals surface area (Å²) in [5, 5.41) is 0.920. The van der Waals surface area contributed by atoms with Crippen molar-refractivity contribution in [3.63, 3.8) is 0 Å². The lowest BCUT2D eigenvalue weighted by Crippen LogP contribution is -2.10. The summed E-state index contributed by atoms with van der Waals surface area (Å²) in [6, 6.07) is 3.96. The molecule has 1 heterocycles. The molecule has 0 spiro atoms. The fraction of sp³-hybridized carbons (Fsp3) is 0.364. The van der Waals surface area contributed by atoms with E-state index in [9.17, 15) is 0 Å². The molecule has 0 aliphatic heterocycles. The van der Waals surface area contributed by atoms with Gasteiger partial charge in [0.1, 0.15) is 5.82 Å². The average molecular weight is 253 g/mol. The molecule has 0 amide bonds. The van der Waals surface area contributed by atoms with Crippen molar-refractivity contribution >= 4 is 21.7 Å². The summed E-state index contributed by atoms with van der Waals surface area (Å²) in [5.74, 6) is 7.05. The number of hydrogen-bond donors (Lipinski definition) is 0. The van der Waals surface area contributed by atoms with Crippen molar-refractivity contribution < 1.29 is 0 Å². The Morgan fingerprint density at radius 2 is 2.21 bits per heavy atom. The zero-order valence-electron chi connectivity index (χ0n) is 8.42. The van der Waals surface area contributed by atoms with Gasteiger partial charge in [0.05, 0.1) is 0 Å². The van der Waals surface area contributed by atoms with Crippen LogP contribution < -0.4 is 4.90 Å². The number of pyridine rings is 1. The van der Waals surface area contributed by atoms with Crippen LogP contribution in [0.25, 0.3) is 0 Å². The van der Waals surface area contributed by atoms with E-state index in [1.54, 1.807) is 6.20 Å². The van der Waals surface area contributed by atoms with E-state index >= 15 is 0 Å². The number of aromatic nitrogens is 1. The molecule has 1 aromatic rings. The Bertz CT molecular complexity index is 333. The van der Waals surface area contributed by atoms with Gasteiger partial charge in [-0.2, -0.15) is 0 Å². The minimum atomic E-state index is 0.870. The van der Waals surface area contributed by atoms with Gasteiger partial charge in [-0.05, 0) is 12.1 Å². The Morgan fingerprint density at radius 1 is 1.43 bits per heavy atom. The SMILES string of the molecule is CN(C)c1ccc(C#CCCBr)cn1. The van der Waals surface area contributed by atoms with Crippen LogP contribution in [0.1, 0.15) is 12.0 Å². The van der Waals surface area contributed by atoms with Gasteiger partial charge in [0.25, 0.3) is 0 Å². The van der Waals surface area contributed by atoms with Gasteiger partial charge in [0, 0.05) is 37.6 Å². The smallest absolute Gasteiger partial charge is 0.128 e. The Morgan fingerprint density at radius 3 is 2.71 bits per heavy atom. The second-order valence-electron chi connectivity index (χ2n) is 3.04. The highest BCUT2D eigenvalue weighted by atomic mass is 79.9. The van der Waals surface area contributed by atoms with Crippen molar-refractivity contribution in [2.75, 3.05) is 24.3 Å². The number of rotatable bonds is 2. The number of halogens is 1. The molecule has 2 nitrogen and oxygen atoms in total. The van der Waals surface area contributed by atoms with Crippen LogP contribution in [0.5, 0.6) is 0 Å². The first-order chi connectivity index (χ1) is 6.74. The van der Waals surface area contributed by atoms with E-state index in [2.05, 4.69) is 32.8 Å². The Balaban J connectivity index is 2.70. The third kappa shape index (κ3) is 3.39. The molecular formula is C11H13BrN2. The van der Waals surface area contributed by atoms with Crippen molar-refractivity contribution in [2.24, 2.45) is 0 Å². The number of nitrogens with zero attached hydrogens (tertiary/aromatic N) is 2. The summed E-state index contributed by atoms with van der Waals surface area (Å²) in [6.45, 7) is 0. The summed E-state index contributed by atoms with van der Waals surface area (Å²) in [6.07, 6.45) is 2.67. The minimum Gasteiger partial charge on any atom is -0.363 e. The Hall–Kier alpha value is -1.01. The summed E-state index contributed by atoms with van der Waals surface area (Å²) in [5.41, 5.74) is 0.969. The second kappa shape index (κ2) is 5.66.